The first-order chi connectivity index (χ1) is 12.7. The van der Waals surface area contributed by atoms with E-state index in [1.54, 1.807) is 7.11 Å². The molecular weight excluding hydrogens is 332 g/mol. The molecule has 1 unspecified atom stereocenters. The van der Waals surface area contributed by atoms with E-state index in [1.165, 1.54) is 0 Å². The molecule has 0 N–H and O–H groups in total. The van der Waals surface area contributed by atoms with E-state index in [-0.39, 0.29) is 17.9 Å². The lowest BCUT2D eigenvalue weighted by molar-refractivity contribution is -0.141. The highest BCUT2D eigenvalue weighted by Gasteiger charge is 2.29. The summed E-state index contributed by atoms with van der Waals surface area (Å²) in [5, 5.41) is 0. The van der Waals surface area contributed by atoms with Gasteiger partial charge in [0.1, 0.15) is 11.9 Å². The zero-order chi connectivity index (χ0) is 18.4. The summed E-state index contributed by atoms with van der Waals surface area (Å²) in [6.07, 6.45) is 3.50. The number of benzene rings is 1. The highest BCUT2D eigenvalue weighted by atomic mass is 16.5. The molecule has 142 valence electrons. The van der Waals surface area contributed by atoms with Crippen molar-refractivity contribution < 1.29 is 19.1 Å². The summed E-state index contributed by atoms with van der Waals surface area (Å²) in [5.74, 6) is 1.06. The monoisotopic (exact) mass is 360 g/mol. The molecule has 1 aromatic carbocycles. The number of nitrogens with zero attached hydrogens (tertiary/aromatic N) is 2. The lowest BCUT2D eigenvalue weighted by Crippen LogP contribution is -2.41. The second-order valence-electron chi connectivity index (χ2n) is 6.91. The van der Waals surface area contributed by atoms with E-state index in [9.17, 15) is 9.59 Å². The predicted molar refractivity (Wildman–Crippen MR) is 98.1 cm³/mol. The number of carbonyl (C=O) groups excluding carboxylic acids is 2. The van der Waals surface area contributed by atoms with Crippen molar-refractivity contribution in [2.75, 3.05) is 39.9 Å². The number of carbonyl (C=O) groups is 2. The van der Waals surface area contributed by atoms with Crippen molar-refractivity contribution in [1.29, 1.82) is 0 Å². The standard InChI is InChI=1S/C20H28N2O4/c1-25-17-6-2-5-16(15-17)8-9-19(23)21-10-4-11-22(13-12-21)20(24)18-7-3-14-26-18/h2,5-6,15,18H,3-4,7-14H2,1H3. The fraction of sp³-hybridized carbons (Fsp3) is 0.600. The van der Waals surface area contributed by atoms with Crippen LogP contribution in [-0.2, 0) is 20.7 Å². The number of ether oxygens (including phenoxy) is 2. The molecule has 0 bridgehead atoms. The van der Waals surface area contributed by atoms with E-state index in [4.69, 9.17) is 9.47 Å². The predicted octanol–water partition coefficient (Wildman–Crippen LogP) is 1.87. The molecule has 26 heavy (non-hydrogen) atoms. The van der Waals surface area contributed by atoms with Gasteiger partial charge in [-0.2, -0.15) is 0 Å². The maximum absolute atomic E-state index is 12.6. The van der Waals surface area contributed by atoms with Crippen molar-refractivity contribution in [3.63, 3.8) is 0 Å². The van der Waals surface area contributed by atoms with Gasteiger partial charge in [-0.15, -0.1) is 0 Å². The Kier molecular flexibility index (Phi) is 6.50. The van der Waals surface area contributed by atoms with Crippen molar-refractivity contribution in [2.45, 2.75) is 38.2 Å². The average Bonchev–Trinajstić information content (AvgIpc) is 3.10. The van der Waals surface area contributed by atoms with Gasteiger partial charge in [0, 0.05) is 39.2 Å². The number of methoxy groups -OCH3 is 1. The van der Waals surface area contributed by atoms with Gasteiger partial charge in [0.2, 0.25) is 5.91 Å². The molecule has 0 saturated carbocycles. The third-order valence-electron chi connectivity index (χ3n) is 5.13. The Morgan fingerprint density at radius 2 is 1.96 bits per heavy atom. The minimum atomic E-state index is -0.273. The summed E-state index contributed by atoms with van der Waals surface area (Å²) in [7, 11) is 1.64. The van der Waals surface area contributed by atoms with Crippen LogP contribution in [0.2, 0.25) is 0 Å². The molecule has 0 spiro atoms. The van der Waals surface area contributed by atoms with E-state index in [0.717, 1.165) is 30.6 Å². The zero-order valence-corrected chi connectivity index (χ0v) is 15.5. The van der Waals surface area contributed by atoms with Gasteiger partial charge in [0.25, 0.3) is 5.91 Å². The van der Waals surface area contributed by atoms with E-state index in [2.05, 4.69) is 0 Å². The van der Waals surface area contributed by atoms with Crippen molar-refractivity contribution in [1.82, 2.24) is 9.80 Å². The molecule has 2 heterocycles. The van der Waals surface area contributed by atoms with Crippen molar-refractivity contribution >= 4 is 11.8 Å². The third kappa shape index (κ3) is 4.75. The topological polar surface area (TPSA) is 59.1 Å². The molecule has 0 aromatic heterocycles. The molecule has 0 aliphatic carbocycles. The lowest BCUT2D eigenvalue weighted by Gasteiger charge is -2.24. The second kappa shape index (κ2) is 9.03. The van der Waals surface area contributed by atoms with Crippen LogP contribution in [0.5, 0.6) is 5.75 Å². The van der Waals surface area contributed by atoms with Gasteiger partial charge in [-0.3, -0.25) is 9.59 Å². The van der Waals surface area contributed by atoms with Crippen LogP contribution < -0.4 is 4.74 Å². The van der Waals surface area contributed by atoms with Gasteiger partial charge in [-0.25, -0.2) is 0 Å². The lowest BCUT2D eigenvalue weighted by atomic mass is 10.1. The molecular formula is C20H28N2O4. The van der Waals surface area contributed by atoms with Crippen LogP contribution in [0.1, 0.15) is 31.2 Å². The summed E-state index contributed by atoms with van der Waals surface area (Å²) >= 11 is 0. The van der Waals surface area contributed by atoms with E-state index >= 15 is 0 Å². The van der Waals surface area contributed by atoms with Gasteiger partial charge in [-0.05, 0) is 43.4 Å². The Morgan fingerprint density at radius 3 is 2.73 bits per heavy atom. The molecule has 2 amide bonds. The fourth-order valence-electron chi connectivity index (χ4n) is 3.60. The van der Waals surface area contributed by atoms with Crippen LogP contribution in [0.4, 0.5) is 0 Å². The molecule has 1 aromatic rings. The minimum absolute atomic E-state index is 0.0909. The summed E-state index contributed by atoms with van der Waals surface area (Å²) in [4.78, 5) is 28.8. The first kappa shape index (κ1) is 18.7. The molecule has 3 rings (SSSR count). The fourth-order valence-corrected chi connectivity index (χ4v) is 3.60. The normalized spacial score (nSPS) is 20.7. The summed E-state index contributed by atoms with van der Waals surface area (Å²) in [6.45, 7) is 3.31. The Hall–Kier alpha value is -2.08. The Labute approximate surface area is 155 Å². The number of hydrogen-bond donors (Lipinski definition) is 0. The highest BCUT2D eigenvalue weighted by molar-refractivity contribution is 5.81. The van der Waals surface area contributed by atoms with Crippen molar-refractivity contribution in [3.05, 3.63) is 29.8 Å². The average molecular weight is 360 g/mol. The quantitative estimate of drug-likeness (QED) is 0.804. The van der Waals surface area contributed by atoms with Gasteiger partial charge in [0.05, 0.1) is 7.11 Å². The van der Waals surface area contributed by atoms with E-state index < -0.39 is 0 Å². The van der Waals surface area contributed by atoms with Gasteiger partial charge < -0.3 is 19.3 Å². The SMILES string of the molecule is COc1cccc(CCC(=O)N2CCCN(C(=O)C3CCCO3)CC2)c1. The number of hydrogen-bond acceptors (Lipinski definition) is 4. The van der Waals surface area contributed by atoms with Crippen LogP contribution in [0.3, 0.4) is 0 Å². The zero-order valence-electron chi connectivity index (χ0n) is 15.5. The Morgan fingerprint density at radius 1 is 1.15 bits per heavy atom. The maximum atomic E-state index is 12.6. The third-order valence-corrected chi connectivity index (χ3v) is 5.13. The molecule has 6 heteroatoms. The number of aryl methyl sites for hydroxylation is 1. The summed E-state index contributed by atoms with van der Waals surface area (Å²) < 4.78 is 10.7. The van der Waals surface area contributed by atoms with Crippen LogP contribution in [-0.4, -0.2) is 67.6 Å². The van der Waals surface area contributed by atoms with Crippen molar-refractivity contribution in [3.8, 4) is 5.75 Å². The Bertz CT molecular complexity index is 628. The van der Waals surface area contributed by atoms with Crippen LogP contribution >= 0.6 is 0 Å². The molecule has 2 aliphatic rings. The number of amides is 2. The molecule has 1 atom stereocenters. The van der Waals surface area contributed by atoms with Crippen LogP contribution in [0.25, 0.3) is 0 Å². The van der Waals surface area contributed by atoms with Crippen molar-refractivity contribution in [2.24, 2.45) is 0 Å². The van der Waals surface area contributed by atoms with E-state index in [1.807, 2.05) is 34.1 Å². The minimum Gasteiger partial charge on any atom is -0.497 e. The van der Waals surface area contributed by atoms with Crippen LogP contribution in [0.15, 0.2) is 24.3 Å². The van der Waals surface area contributed by atoms with Crippen LogP contribution in [0, 0.1) is 0 Å². The molecule has 2 saturated heterocycles. The Balaban J connectivity index is 1.48. The van der Waals surface area contributed by atoms with Gasteiger partial charge >= 0.3 is 0 Å². The summed E-state index contributed by atoms with van der Waals surface area (Å²) in [5.41, 5.74) is 1.10. The molecule has 0 radical (unpaired) electrons. The molecule has 2 aliphatic heterocycles. The second-order valence-corrected chi connectivity index (χ2v) is 6.91. The first-order valence-corrected chi connectivity index (χ1v) is 9.48. The largest absolute Gasteiger partial charge is 0.497 e. The molecule has 6 nitrogen and oxygen atoms in total. The maximum Gasteiger partial charge on any atom is 0.251 e. The number of rotatable bonds is 5. The highest BCUT2D eigenvalue weighted by Crippen LogP contribution is 2.17. The van der Waals surface area contributed by atoms with E-state index in [0.29, 0.717) is 45.6 Å². The molecule has 2 fully saturated rings. The summed E-state index contributed by atoms with van der Waals surface area (Å²) in [6, 6.07) is 7.83. The van der Waals surface area contributed by atoms with Gasteiger partial charge in [0.15, 0.2) is 0 Å². The first-order valence-electron chi connectivity index (χ1n) is 9.48. The smallest absolute Gasteiger partial charge is 0.251 e. The van der Waals surface area contributed by atoms with Gasteiger partial charge in [-0.1, -0.05) is 12.1 Å².